The van der Waals surface area contributed by atoms with Crippen LogP contribution >= 0.6 is 11.6 Å². The average molecular weight is 355 g/mol. The molecule has 0 bridgehead atoms. The van der Waals surface area contributed by atoms with Crippen LogP contribution in [0.5, 0.6) is 0 Å². The van der Waals surface area contributed by atoms with Crippen LogP contribution in [0.25, 0.3) is 11.0 Å². The van der Waals surface area contributed by atoms with Crippen molar-refractivity contribution >= 4 is 22.6 Å². The van der Waals surface area contributed by atoms with Crippen molar-refractivity contribution in [1.82, 2.24) is 20.2 Å². The Kier molecular flexibility index (Phi) is 5.02. The summed E-state index contributed by atoms with van der Waals surface area (Å²) >= 11 is 6.02. The zero-order valence-corrected chi connectivity index (χ0v) is 15.0. The number of nitrogens with one attached hydrogen (secondary N) is 2. The number of benzene rings is 2. The molecule has 1 fully saturated rings. The molecule has 1 unspecified atom stereocenters. The fourth-order valence-electron chi connectivity index (χ4n) is 3.47. The average Bonchev–Trinajstić information content (AvgIpc) is 3.00. The van der Waals surface area contributed by atoms with Crippen molar-refractivity contribution in [2.45, 2.75) is 32.0 Å². The summed E-state index contributed by atoms with van der Waals surface area (Å²) < 4.78 is 2.31. The van der Waals surface area contributed by atoms with Gasteiger partial charge in [0, 0.05) is 24.2 Å². The zero-order chi connectivity index (χ0) is 17.1. The lowest BCUT2D eigenvalue weighted by molar-refractivity contribution is 0.384. The maximum Gasteiger partial charge on any atom is 0.124 e. The van der Waals surface area contributed by atoms with E-state index in [2.05, 4.69) is 45.5 Å². The van der Waals surface area contributed by atoms with E-state index in [4.69, 9.17) is 16.6 Å². The minimum absolute atomic E-state index is 0.526. The van der Waals surface area contributed by atoms with Crippen molar-refractivity contribution in [3.05, 3.63) is 64.9 Å². The number of imidazole rings is 1. The topological polar surface area (TPSA) is 41.9 Å². The third-order valence-electron chi connectivity index (χ3n) is 4.83. The van der Waals surface area contributed by atoms with Gasteiger partial charge in [0.05, 0.1) is 17.6 Å². The largest absolute Gasteiger partial charge is 0.322 e. The lowest BCUT2D eigenvalue weighted by atomic mass is 10.1. The Morgan fingerprint density at radius 2 is 2.00 bits per heavy atom. The van der Waals surface area contributed by atoms with Gasteiger partial charge in [0.1, 0.15) is 5.82 Å². The minimum Gasteiger partial charge on any atom is -0.322 e. The Labute approximate surface area is 153 Å². The van der Waals surface area contributed by atoms with Crippen LogP contribution in [-0.2, 0) is 13.1 Å². The summed E-state index contributed by atoms with van der Waals surface area (Å²) in [5, 5.41) is 7.89. The normalized spacial score (nSPS) is 17.9. The van der Waals surface area contributed by atoms with Crippen LogP contribution in [0.1, 0.15) is 24.2 Å². The summed E-state index contributed by atoms with van der Waals surface area (Å²) in [6, 6.07) is 16.9. The van der Waals surface area contributed by atoms with Gasteiger partial charge in [-0.3, -0.25) is 0 Å². The van der Waals surface area contributed by atoms with Gasteiger partial charge in [0.2, 0.25) is 0 Å². The number of fused-ring (bicyclic) bond motifs is 1. The lowest BCUT2D eigenvalue weighted by Gasteiger charge is -2.24. The highest BCUT2D eigenvalue weighted by molar-refractivity contribution is 6.30. The van der Waals surface area contributed by atoms with Crippen molar-refractivity contribution in [3.8, 4) is 0 Å². The van der Waals surface area contributed by atoms with Crippen molar-refractivity contribution in [1.29, 1.82) is 0 Å². The molecule has 130 valence electrons. The first-order valence-electron chi connectivity index (χ1n) is 8.92. The van der Waals surface area contributed by atoms with Gasteiger partial charge in [0.25, 0.3) is 0 Å². The molecule has 0 radical (unpaired) electrons. The maximum atomic E-state index is 6.02. The molecule has 1 saturated heterocycles. The van der Waals surface area contributed by atoms with E-state index in [0.717, 1.165) is 42.5 Å². The van der Waals surface area contributed by atoms with Gasteiger partial charge in [-0.25, -0.2) is 4.98 Å². The van der Waals surface area contributed by atoms with Crippen LogP contribution < -0.4 is 10.6 Å². The number of hydrogen-bond donors (Lipinski definition) is 2. The molecule has 0 spiro atoms. The molecule has 0 saturated carbocycles. The van der Waals surface area contributed by atoms with E-state index in [0.29, 0.717) is 6.04 Å². The van der Waals surface area contributed by atoms with Crippen molar-refractivity contribution < 1.29 is 0 Å². The molecule has 1 aliphatic heterocycles. The third-order valence-corrected chi connectivity index (χ3v) is 5.09. The van der Waals surface area contributed by atoms with Crippen LogP contribution in [0, 0.1) is 0 Å². The summed E-state index contributed by atoms with van der Waals surface area (Å²) in [5.74, 6) is 1.08. The molecular weight excluding hydrogens is 332 g/mol. The number of hydrogen-bond acceptors (Lipinski definition) is 3. The Morgan fingerprint density at radius 3 is 2.80 bits per heavy atom. The summed E-state index contributed by atoms with van der Waals surface area (Å²) in [5.41, 5.74) is 3.46. The maximum absolute atomic E-state index is 6.02. The highest BCUT2D eigenvalue weighted by atomic mass is 35.5. The van der Waals surface area contributed by atoms with Crippen LogP contribution in [0.15, 0.2) is 48.5 Å². The fourth-order valence-corrected chi connectivity index (χ4v) is 3.60. The third kappa shape index (κ3) is 3.87. The molecule has 2 N–H and O–H groups in total. The van der Waals surface area contributed by atoms with Gasteiger partial charge in [0.15, 0.2) is 0 Å². The van der Waals surface area contributed by atoms with Crippen molar-refractivity contribution in [2.24, 2.45) is 0 Å². The van der Waals surface area contributed by atoms with E-state index in [-0.39, 0.29) is 0 Å². The van der Waals surface area contributed by atoms with Crippen molar-refractivity contribution in [3.63, 3.8) is 0 Å². The Balaban J connectivity index is 1.59. The number of aromatic nitrogens is 2. The molecule has 25 heavy (non-hydrogen) atoms. The molecule has 1 aromatic heterocycles. The van der Waals surface area contributed by atoms with Gasteiger partial charge in [-0.1, -0.05) is 35.9 Å². The molecule has 1 aliphatic rings. The summed E-state index contributed by atoms with van der Waals surface area (Å²) in [4.78, 5) is 4.86. The Bertz CT molecular complexity index is 835. The smallest absolute Gasteiger partial charge is 0.124 e. The van der Waals surface area contributed by atoms with Crippen LogP contribution in [-0.4, -0.2) is 28.7 Å². The minimum atomic E-state index is 0.526. The molecule has 0 aliphatic carbocycles. The molecule has 2 heterocycles. The summed E-state index contributed by atoms with van der Waals surface area (Å²) in [6.07, 6.45) is 2.46. The molecule has 4 rings (SSSR count). The first-order chi connectivity index (χ1) is 12.3. The monoisotopic (exact) mass is 354 g/mol. The molecule has 3 aromatic rings. The second kappa shape index (κ2) is 7.56. The van der Waals surface area contributed by atoms with E-state index >= 15 is 0 Å². The van der Waals surface area contributed by atoms with Gasteiger partial charge < -0.3 is 15.2 Å². The first kappa shape index (κ1) is 16.6. The molecule has 1 atom stereocenters. The van der Waals surface area contributed by atoms with Gasteiger partial charge in [-0.15, -0.1) is 0 Å². The first-order valence-corrected chi connectivity index (χ1v) is 9.30. The van der Waals surface area contributed by atoms with Crippen molar-refractivity contribution in [2.75, 3.05) is 13.1 Å². The molecular formula is C20H23ClN4. The Hall–Kier alpha value is -1.88. The quantitative estimate of drug-likeness (QED) is 0.736. The van der Waals surface area contributed by atoms with E-state index in [1.165, 1.54) is 23.9 Å². The number of rotatable bonds is 5. The molecule has 0 amide bonds. The number of piperidine rings is 1. The van der Waals surface area contributed by atoms with E-state index < -0.39 is 0 Å². The van der Waals surface area contributed by atoms with E-state index in [9.17, 15) is 0 Å². The number of para-hydroxylation sites is 2. The summed E-state index contributed by atoms with van der Waals surface area (Å²) in [7, 11) is 0. The molecule has 2 aromatic carbocycles. The number of nitrogens with zero attached hydrogens (tertiary/aromatic N) is 2. The van der Waals surface area contributed by atoms with Gasteiger partial charge in [-0.2, -0.15) is 0 Å². The highest BCUT2D eigenvalue weighted by Gasteiger charge is 2.15. The molecule has 4 nitrogen and oxygen atoms in total. The molecule has 5 heteroatoms. The van der Waals surface area contributed by atoms with E-state index in [1.807, 2.05) is 18.2 Å². The van der Waals surface area contributed by atoms with Crippen LogP contribution in [0.3, 0.4) is 0 Å². The highest BCUT2D eigenvalue weighted by Crippen LogP contribution is 2.19. The van der Waals surface area contributed by atoms with Crippen LogP contribution in [0.2, 0.25) is 5.02 Å². The predicted molar refractivity (Wildman–Crippen MR) is 103 cm³/mol. The lowest BCUT2D eigenvalue weighted by Crippen LogP contribution is -2.43. The van der Waals surface area contributed by atoms with E-state index in [1.54, 1.807) is 0 Å². The number of halogens is 1. The van der Waals surface area contributed by atoms with Gasteiger partial charge in [-0.05, 0) is 49.2 Å². The SMILES string of the molecule is Clc1ccc(Cn2c(CNC3CCCNC3)nc3ccccc32)cc1. The van der Waals surface area contributed by atoms with Crippen LogP contribution in [0.4, 0.5) is 0 Å². The standard InChI is InChI=1S/C20H23ClN4/c21-16-9-7-15(8-10-16)14-25-19-6-2-1-5-18(19)24-20(25)13-23-17-4-3-11-22-12-17/h1-2,5-10,17,22-23H,3-4,11-14H2. The Morgan fingerprint density at radius 1 is 1.16 bits per heavy atom. The summed E-state index contributed by atoms with van der Waals surface area (Å²) in [6.45, 7) is 3.76. The zero-order valence-electron chi connectivity index (χ0n) is 14.2. The fraction of sp³-hybridized carbons (Fsp3) is 0.350. The predicted octanol–water partition coefficient (Wildman–Crippen LogP) is 3.58. The second-order valence-corrected chi connectivity index (χ2v) is 7.09. The van der Waals surface area contributed by atoms with Gasteiger partial charge >= 0.3 is 0 Å². The second-order valence-electron chi connectivity index (χ2n) is 6.65.